The highest BCUT2D eigenvalue weighted by atomic mass is 15.2. The van der Waals surface area contributed by atoms with Gasteiger partial charge in [0.1, 0.15) is 0 Å². The normalized spacial score (nSPS) is 23.5. The van der Waals surface area contributed by atoms with Crippen molar-refractivity contribution in [1.29, 1.82) is 0 Å². The third-order valence-corrected chi connectivity index (χ3v) is 3.94. The van der Waals surface area contributed by atoms with Crippen molar-refractivity contribution in [3.05, 3.63) is 0 Å². The molecule has 2 unspecified atom stereocenters. The van der Waals surface area contributed by atoms with E-state index in [0.717, 1.165) is 6.04 Å². The molecule has 0 aromatic rings. The van der Waals surface area contributed by atoms with E-state index < -0.39 is 0 Å². The van der Waals surface area contributed by atoms with Gasteiger partial charge in [-0.3, -0.25) is 4.90 Å². The average Bonchev–Trinajstić information content (AvgIpc) is 2.82. The largest absolute Gasteiger partial charge is 0.313 e. The maximum Gasteiger partial charge on any atom is 0.0207 e. The first-order chi connectivity index (χ1) is 8.21. The molecule has 1 fully saturated rings. The molecule has 1 aliphatic rings. The van der Waals surface area contributed by atoms with E-state index in [2.05, 4.69) is 42.8 Å². The minimum atomic E-state index is 0.698. The molecule has 0 aromatic carbocycles. The van der Waals surface area contributed by atoms with Crippen LogP contribution in [-0.4, -0.2) is 61.2 Å². The zero-order valence-electron chi connectivity index (χ0n) is 12.2. The monoisotopic (exact) mass is 241 g/mol. The van der Waals surface area contributed by atoms with Gasteiger partial charge in [-0.25, -0.2) is 0 Å². The van der Waals surface area contributed by atoms with Crippen molar-refractivity contribution >= 4 is 0 Å². The SMILES string of the molecule is CCCNC1CCN(C(C)CN(CC)CC)C1. The van der Waals surface area contributed by atoms with Gasteiger partial charge in [-0.1, -0.05) is 20.8 Å². The number of nitrogens with one attached hydrogen (secondary N) is 1. The number of hydrogen-bond donors (Lipinski definition) is 1. The van der Waals surface area contributed by atoms with Gasteiger partial charge in [0.2, 0.25) is 0 Å². The molecule has 0 radical (unpaired) electrons. The fraction of sp³-hybridized carbons (Fsp3) is 1.00. The van der Waals surface area contributed by atoms with Crippen LogP contribution in [0.1, 0.15) is 40.5 Å². The van der Waals surface area contributed by atoms with Gasteiger partial charge < -0.3 is 10.2 Å². The Morgan fingerprint density at radius 3 is 2.59 bits per heavy atom. The lowest BCUT2D eigenvalue weighted by Crippen LogP contribution is -2.42. The van der Waals surface area contributed by atoms with Crippen LogP contribution in [0.4, 0.5) is 0 Å². The van der Waals surface area contributed by atoms with Gasteiger partial charge in [0.25, 0.3) is 0 Å². The molecule has 1 N–H and O–H groups in total. The third kappa shape index (κ3) is 4.94. The summed E-state index contributed by atoms with van der Waals surface area (Å²) in [6.07, 6.45) is 2.56. The third-order valence-electron chi connectivity index (χ3n) is 3.94. The molecule has 102 valence electrons. The van der Waals surface area contributed by atoms with Crippen LogP contribution in [0.2, 0.25) is 0 Å². The summed E-state index contributed by atoms with van der Waals surface area (Å²) in [6, 6.07) is 1.43. The molecular formula is C14H31N3. The van der Waals surface area contributed by atoms with Crippen LogP contribution in [0.25, 0.3) is 0 Å². The van der Waals surface area contributed by atoms with Crippen LogP contribution in [0.5, 0.6) is 0 Å². The molecule has 1 rings (SSSR count). The maximum absolute atomic E-state index is 3.64. The molecule has 0 spiro atoms. The van der Waals surface area contributed by atoms with Crippen LogP contribution in [0.15, 0.2) is 0 Å². The molecule has 1 heterocycles. The summed E-state index contributed by atoms with van der Waals surface area (Å²) in [5.41, 5.74) is 0. The highest BCUT2D eigenvalue weighted by molar-refractivity contribution is 4.84. The summed E-state index contributed by atoms with van der Waals surface area (Å²) in [5.74, 6) is 0. The van der Waals surface area contributed by atoms with Gasteiger partial charge in [0.15, 0.2) is 0 Å². The summed E-state index contributed by atoms with van der Waals surface area (Å²) >= 11 is 0. The first-order valence-corrected chi connectivity index (χ1v) is 7.40. The van der Waals surface area contributed by atoms with Gasteiger partial charge in [-0.05, 0) is 39.4 Å². The van der Waals surface area contributed by atoms with Gasteiger partial charge in [0.05, 0.1) is 0 Å². The van der Waals surface area contributed by atoms with Gasteiger partial charge in [-0.2, -0.15) is 0 Å². The topological polar surface area (TPSA) is 18.5 Å². The fourth-order valence-corrected chi connectivity index (χ4v) is 2.67. The Kier molecular flexibility index (Phi) is 7.09. The van der Waals surface area contributed by atoms with E-state index in [1.807, 2.05) is 0 Å². The van der Waals surface area contributed by atoms with Crippen molar-refractivity contribution in [3.63, 3.8) is 0 Å². The zero-order chi connectivity index (χ0) is 12.7. The smallest absolute Gasteiger partial charge is 0.0207 e. The quantitative estimate of drug-likeness (QED) is 0.699. The number of hydrogen-bond acceptors (Lipinski definition) is 3. The number of nitrogens with zero attached hydrogens (tertiary/aromatic N) is 2. The first kappa shape index (κ1) is 14.9. The molecule has 0 saturated carbocycles. The lowest BCUT2D eigenvalue weighted by molar-refractivity contribution is 0.178. The van der Waals surface area contributed by atoms with Gasteiger partial charge in [-0.15, -0.1) is 0 Å². The Morgan fingerprint density at radius 1 is 1.29 bits per heavy atom. The molecule has 3 nitrogen and oxygen atoms in total. The summed E-state index contributed by atoms with van der Waals surface area (Å²) in [7, 11) is 0. The maximum atomic E-state index is 3.64. The highest BCUT2D eigenvalue weighted by Crippen LogP contribution is 2.13. The molecule has 0 aliphatic carbocycles. The molecular weight excluding hydrogens is 210 g/mol. The summed E-state index contributed by atoms with van der Waals surface area (Å²) in [6.45, 7) is 16.4. The van der Waals surface area contributed by atoms with Crippen molar-refractivity contribution in [2.75, 3.05) is 39.3 Å². The van der Waals surface area contributed by atoms with Gasteiger partial charge >= 0.3 is 0 Å². The standard InChI is InChI=1S/C14H31N3/c1-5-9-15-14-8-10-17(12-14)13(4)11-16(6-2)7-3/h13-15H,5-12H2,1-4H3. The summed E-state index contributed by atoms with van der Waals surface area (Å²) in [5, 5.41) is 3.64. The highest BCUT2D eigenvalue weighted by Gasteiger charge is 2.25. The van der Waals surface area contributed by atoms with Crippen LogP contribution in [-0.2, 0) is 0 Å². The van der Waals surface area contributed by atoms with Crippen LogP contribution in [0, 0.1) is 0 Å². The second-order valence-electron chi connectivity index (χ2n) is 5.27. The molecule has 1 saturated heterocycles. The van der Waals surface area contributed by atoms with E-state index in [9.17, 15) is 0 Å². The van der Waals surface area contributed by atoms with Crippen molar-refractivity contribution in [2.24, 2.45) is 0 Å². The lowest BCUT2D eigenvalue weighted by Gasteiger charge is -2.29. The molecule has 0 amide bonds. The summed E-state index contributed by atoms with van der Waals surface area (Å²) in [4.78, 5) is 5.17. The molecule has 2 atom stereocenters. The van der Waals surface area contributed by atoms with E-state index in [1.165, 1.54) is 52.1 Å². The van der Waals surface area contributed by atoms with E-state index in [-0.39, 0.29) is 0 Å². The van der Waals surface area contributed by atoms with Crippen LogP contribution in [0.3, 0.4) is 0 Å². The Morgan fingerprint density at radius 2 is 2.00 bits per heavy atom. The summed E-state index contributed by atoms with van der Waals surface area (Å²) < 4.78 is 0. The van der Waals surface area contributed by atoms with E-state index in [4.69, 9.17) is 0 Å². The zero-order valence-corrected chi connectivity index (χ0v) is 12.2. The Balaban J connectivity index is 2.27. The van der Waals surface area contributed by atoms with Crippen LogP contribution < -0.4 is 5.32 Å². The molecule has 0 bridgehead atoms. The Hall–Kier alpha value is -0.120. The number of rotatable bonds is 8. The van der Waals surface area contributed by atoms with Crippen molar-refractivity contribution in [3.8, 4) is 0 Å². The average molecular weight is 241 g/mol. The molecule has 17 heavy (non-hydrogen) atoms. The van der Waals surface area contributed by atoms with Crippen LogP contribution >= 0.6 is 0 Å². The first-order valence-electron chi connectivity index (χ1n) is 7.40. The lowest BCUT2D eigenvalue weighted by atomic mass is 10.2. The predicted molar refractivity (Wildman–Crippen MR) is 75.5 cm³/mol. The number of likely N-dealkylation sites (tertiary alicyclic amines) is 1. The van der Waals surface area contributed by atoms with Gasteiger partial charge in [0, 0.05) is 31.7 Å². The van der Waals surface area contributed by atoms with E-state index in [0.29, 0.717) is 6.04 Å². The second kappa shape index (κ2) is 8.06. The molecule has 3 heteroatoms. The Bertz CT molecular complexity index is 192. The Labute approximate surface area is 108 Å². The van der Waals surface area contributed by atoms with Crippen molar-refractivity contribution in [1.82, 2.24) is 15.1 Å². The predicted octanol–water partition coefficient (Wildman–Crippen LogP) is 1.79. The fourth-order valence-electron chi connectivity index (χ4n) is 2.67. The second-order valence-corrected chi connectivity index (χ2v) is 5.27. The molecule has 0 aromatic heterocycles. The van der Waals surface area contributed by atoms with E-state index >= 15 is 0 Å². The minimum Gasteiger partial charge on any atom is -0.313 e. The van der Waals surface area contributed by atoms with Crippen molar-refractivity contribution < 1.29 is 0 Å². The minimum absolute atomic E-state index is 0.698. The van der Waals surface area contributed by atoms with Crippen molar-refractivity contribution in [2.45, 2.75) is 52.6 Å². The molecule has 1 aliphatic heterocycles. The number of likely N-dealkylation sites (N-methyl/N-ethyl adjacent to an activating group) is 1. The van der Waals surface area contributed by atoms with E-state index in [1.54, 1.807) is 0 Å².